The van der Waals surface area contributed by atoms with Crippen LogP contribution >= 0.6 is 0 Å². The fraction of sp³-hybridized carbons (Fsp3) is 0.538. The molecule has 0 saturated heterocycles. The molecule has 0 bridgehead atoms. The lowest BCUT2D eigenvalue weighted by Gasteiger charge is -2.24. The van der Waals surface area contributed by atoms with Crippen molar-refractivity contribution in [3.05, 3.63) is 23.9 Å². The Morgan fingerprint density at radius 1 is 1.28 bits per heavy atom. The standard InChI is InChI=1S/C13H20N2O3/c1-17-9-4-7-15(8-10-18-2)13-12(11-16)5-3-6-14-13/h3,5-6,11H,4,7-10H2,1-2H3. The van der Waals surface area contributed by atoms with Gasteiger partial charge in [0, 0.05) is 40.1 Å². The second kappa shape index (κ2) is 8.60. The number of carbonyl (C=O) groups is 1. The fourth-order valence-corrected chi connectivity index (χ4v) is 1.69. The SMILES string of the molecule is COCCCN(CCOC)c1ncccc1C=O. The van der Waals surface area contributed by atoms with E-state index in [0.717, 1.165) is 19.3 Å². The van der Waals surface area contributed by atoms with Crippen LogP contribution in [0.5, 0.6) is 0 Å². The Bertz CT molecular complexity index is 358. The van der Waals surface area contributed by atoms with Crippen LogP contribution in [0.1, 0.15) is 16.8 Å². The van der Waals surface area contributed by atoms with Crippen molar-refractivity contribution in [1.82, 2.24) is 4.98 Å². The summed E-state index contributed by atoms with van der Waals surface area (Å²) in [7, 11) is 3.34. The average Bonchev–Trinajstić information content (AvgIpc) is 2.42. The summed E-state index contributed by atoms with van der Waals surface area (Å²) in [6, 6.07) is 3.53. The molecule has 0 aromatic carbocycles. The molecule has 0 fully saturated rings. The van der Waals surface area contributed by atoms with Gasteiger partial charge in [0.1, 0.15) is 5.82 Å². The summed E-state index contributed by atoms with van der Waals surface area (Å²) in [5, 5.41) is 0. The van der Waals surface area contributed by atoms with Crippen molar-refractivity contribution >= 4 is 12.1 Å². The number of nitrogens with zero attached hydrogens (tertiary/aromatic N) is 2. The van der Waals surface area contributed by atoms with E-state index in [1.807, 2.05) is 4.90 Å². The van der Waals surface area contributed by atoms with E-state index in [9.17, 15) is 4.79 Å². The third kappa shape index (κ3) is 4.43. The van der Waals surface area contributed by atoms with Gasteiger partial charge in [0.05, 0.1) is 12.2 Å². The number of aromatic nitrogens is 1. The van der Waals surface area contributed by atoms with Gasteiger partial charge in [0.2, 0.25) is 0 Å². The zero-order valence-electron chi connectivity index (χ0n) is 11.0. The second-order valence-electron chi connectivity index (χ2n) is 3.86. The molecule has 5 heteroatoms. The highest BCUT2D eigenvalue weighted by Crippen LogP contribution is 2.15. The maximum Gasteiger partial charge on any atom is 0.153 e. The zero-order valence-corrected chi connectivity index (χ0v) is 11.0. The first-order valence-electron chi connectivity index (χ1n) is 5.96. The van der Waals surface area contributed by atoms with E-state index in [2.05, 4.69) is 4.98 Å². The molecule has 0 saturated carbocycles. The molecule has 0 radical (unpaired) electrons. The number of hydrogen-bond acceptors (Lipinski definition) is 5. The van der Waals surface area contributed by atoms with Crippen LogP contribution in [0.25, 0.3) is 0 Å². The highest BCUT2D eigenvalue weighted by molar-refractivity contribution is 5.82. The molecular weight excluding hydrogens is 232 g/mol. The van der Waals surface area contributed by atoms with Gasteiger partial charge in [-0.15, -0.1) is 0 Å². The summed E-state index contributed by atoms with van der Waals surface area (Å²) < 4.78 is 10.1. The number of ether oxygens (including phenoxy) is 2. The van der Waals surface area contributed by atoms with Crippen LogP contribution in [0.3, 0.4) is 0 Å². The quantitative estimate of drug-likeness (QED) is 0.491. The van der Waals surface area contributed by atoms with E-state index in [-0.39, 0.29) is 0 Å². The molecule has 0 unspecified atom stereocenters. The van der Waals surface area contributed by atoms with E-state index >= 15 is 0 Å². The first-order valence-corrected chi connectivity index (χ1v) is 5.96. The Hall–Kier alpha value is -1.46. The van der Waals surface area contributed by atoms with Gasteiger partial charge in [-0.1, -0.05) is 0 Å². The van der Waals surface area contributed by atoms with Gasteiger partial charge in [-0.2, -0.15) is 0 Å². The van der Waals surface area contributed by atoms with Crippen molar-refractivity contribution in [1.29, 1.82) is 0 Å². The van der Waals surface area contributed by atoms with Crippen molar-refractivity contribution in [2.45, 2.75) is 6.42 Å². The predicted octanol–water partition coefficient (Wildman–Crippen LogP) is 1.38. The van der Waals surface area contributed by atoms with Crippen LogP contribution < -0.4 is 4.90 Å². The van der Waals surface area contributed by atoms with Gasteiger partial charge in [-0.3, -0.25) is 4.79 Å². The Morgan fingerprint density at radius 2 is 2.06 bits per heavy atom. The van der Waals surface area contributed by atoms with Crippen LogP contribution in [0.15, 0.2) is 18.3 Å². The van der Waals surface area contributed by atoms with E-state index < -0.39 is 0 Å². The number of rotatable bonds is 9. The molecule has 0 aliphatic rings. The van der Waals surface area contributed by atoms with E-state index in [1.54, 1.807) is 32.5 Å². The van der Waals surface area contributed by atoms with Crippen LogP contribution in [0, 0.1) is 0 Å². The highest BCUT2D eigenvalue weighted by Gasteiger charge is 2.11. The fourth-order valence-electron chi connectivity index (χ4n) is 1.69. The molecule has 0 aliphatic heterocycles. The summed E-state index contributed by atoms with van der Waals surface area (Å²) in [5.74, 6) is 0.709. The zero-order chi connectivity index (χ0) is 13.2. The second-order valence-corrected chi connectivity index (χ2v) is 3.86. The van der Waals surface area contributed by atoms with Gasteiger partial charge in [-0.05, 0) is 18.6 Å². The number of carbonyl (C=O) groups excluding carboxylic acids is 1. The molecule has 0 N–H and O–H groups in total. The van der Waals surface area contributed by atoms with Crippen LogP contribution in [0.4, 0.5) is 5.82 Å². The molecule has 100 valence electrons. The maximum absolute atomic E-state index is 11.0. The minimum absolute atomic E-state index is 0.599. The van der Waals surface area contributed by atoms with Crippen LogP contribution in [-0.2, 0) is 9.47 Å². The van der Waals surface area contributed by atoms with Gasteiger partial charge in [0.25, 0.3) is 0 Å². The molecule has 0 spiro atoms. The molecule has 5 nitrogen and oxygen atoms in total. The lowest BCUT2D eigenvalue weighted by atomic mass is 10.2. The number of anilines is 1. The number of aldehydes is 1. The van der Waals surface area contributed by atoms with E-state index in [0.29, 0.717) is 31.1 Å². The summed E-state index contributed by atoms with van der Waals surface area (Å²) in [4.78, 5) is 17.3. The minimum Gasteiger partial charge on any atom is -0.385 e. The third-order valence-electron chi connectivity index (χ3n) is 2.59. The Morgan fingerprint density at radius 3 is 2.72 bits per heavy atom. The summed E-state index contributed by atoms with van der Waals surface area (Å²) >= 11 is 0. The van der Waals surface area contributed by atoms with E-state index in [4.69, 9.17) is 9.47 Å². The average molecular weight is 252 g/mol. The van der Waals surface area contributed by atoms with Crippen molar-refractivity contribution in [3.63, 3.8) is 0 Å². The predicted molar refractivity (Wildman–Crippen MR) is 70.2 cm³/mol. The third-order valence-corrected chi connectivity index (χ3v) is 2.59. The normalized spacial score (nSPS) is 10.3. The lowest BCUT2D eigenvalue weighted by molar-refractivity contribution is 0.112. The first kappa shape index (κ1) is 14.6. The number of pyridine rings is 1. The molecule has 18 heavy (non-hydrogen) atoms. The molecule has 0 aliphatic carbocycles. The topological polar surface area (TPSA) is 51.7 Å². The molecular formula is C13H20N2O3. The lowest BCUT2D eigenvalue weighted by Crippen LogP contribution is -2.30. The van der Waals surface area contributed by atoms with Gasteiger partial charge >= 0.3 is 0 Å². The van der Waals surface area contributed by atoms with Crippen LogP contribution in [0.2, 0.25) is 0 Å². The Kier molecular flexibility index (Phi) is 6.98. The molecule has 0 amide bonds. The smallest absolute Gasteiger partial charge is 0.153 e. The monoisotopic (exact) mass is 252 g/mol. The molecule has 1 aromatic rings. The van der Waals surface area contributed by atoms with Crippen molar-refractivity contribution in [3.8, 4) is 0 Å². The van der Waals surface area contributed by atoms with E-state index in [1.165, 1.54) is 0 Å². The van der Waals surface area contributed by atoms with Crippen LogP contribution in [-0.4, -0.2) is 51.8 Å². The molecule has 1 rings (SSSR count). The molecule has 0 atom stereocenters. The minimum atomic E-state index is 0.599. The maximum atomic E-state index is 11.0. The number of methoxy groups -OCH3 is 2. The summed E-state index contributed by atoms with van der Waals surface area (Å²) in [6.07, 6.45) is 3.41. The van der Waals surface area contributed by atoms with Crippen molar-refractivity contribution < 1.29 is 14.3 Å². The Labute approximate surface area is 108 Å². The van der Waals surface area contributed by atoms with Crippen molar-refractivity contribution in [2.24, 2.45) is 0 Å². The molecule has 1 heterocycles. The number of hydrogen-bond donors (Lipinski definition) is 0. The summed E-state index contributed by atoms with van der Waals surface area (Å²) in [5.41, 5.74) is 0.603. The largest absolute Gasteiger partial charge is 0.385 e. The van der Waals surface area contributed by atoms with Gasteiger partial charge < -0.3 is 14.4 Å². The van der Waals surface area contributed by atoms with Crippen molar-refractivity contribution in [2.75, 3.05) is 45.4 Å². The summed E-state index contributed by atoms with van der Waals surface area (Å²) in [6.45, 7) is 2.78. The molecule has 1 aromatic heterocycles. The van der Waals surface area contributed by atoms with Gasteiger partial charge in [0.15, 0.2) is 6.29 Å². The first-order chi connectivity index (χ1) is 8.83. The highest BCUT2D eigenvalue weighted by atomic mass is 16.5. The Balaban J connectivity index is 2.75. The van der Waals surface area contributed by atoms with Gasteiger partial charge in [-0.25, -0.2) is 4.98 Å².